The first kappa shape index (κ1) is 9.18. The lowest BCUT2D eigenvalue weighted by Gasteiger charge is -1.98. The Kier molecular flexibility index (Phi) is 2.31. The second-order valence-electron chi connectivity index (χ2n) is 2.93. The summed E-state index contributed by atoms with van der Waals surface area (Å²) in [5.41, 5.74) is 8.51. The molecule has 0 fully saturated rings. The van der Waals surface area contributed by atoms with Gasteiger partial charge in [0.2, 0.25) is 5.91 Å². The van der Waals surface area contributed by atoms with Crippen LogP contribution >= 0.6 is 0 Å². The Labute approximate surface area is 85.0 Å². The Balaban J connectivity index is 2.56. The summed E-state index contributed by atoms with van der Waals surface area (Å²) < 4.78 is 0. The number of nitrogens with zero attached hydrogens (tertiary/aromatic N) is 4. The SMILES string of the molecule is [N-]=[N+]=NC(=O)c1ccc2ccncc2c1. The molecule has 0 saturated heterocycles. The summed E-state index contributed by atoms with van der Waals surface area (Å²) >= 11 is 0. The topological polar surface area (TPSA) is 78.7 Å². The van der Waals surface area contributed by atoms with E-state index in [0.29, 0.717) is 5.56 Å². The number of carbonyl (C=O) groups excluding carboxylic acids is 1. The zero-order valence-electron chi connectivity index (χ0n) is 7.66. The molecule has 0 spiro atoms. The van der Waals surface area contributed by atoms with Crippen molar-refractivity contribution in [2.45, 2.75) is 0 Å². The summed E-state index contributed by atoms with van der Waals surface area (Å²) in [6.45, 7) is 0. The number of aromatic nitrogens is 1. The lowest BCUT2D eigenvalue weighted by molar-refractivity contribution is 0.100. The molecule has 2 rings (SSSR count). The van der Waals surface area contributed by atoms with Crippen molar-refractivity contribution in [2.24, 2.45) is 5.11 Å². The zero-order valence-corrected chi connectivity index (χ0v) is 7.66. The van der Waals surface area contributed by atoms with Crippen molar-refractivity contribution in [3.8, 4) is 0 Å². The van der Waals surface area contributed by atoms with Crippen LogP contribution in [0, 0.1) is 0 Å². The van der Waals surface area contributed by atoms with Crippen LogP contribution in [0.4, 0.5) is 0 Å². The van der Waals surface area contributed by atoms with E-state index in [0.717, 1.165) is 10.8 Å². The Morgan fingerprint density at radius 1 is 1.33 bits per heavy atom. The minimum Gasteiger partial charge on any atom is -0.287 e. The molecule has 5 nitrogen and oxygen atoms in total. The van der Waals surface area contributed by atoms with Crippen LogP contribution in [0.15, 0.2) is 41.8 Å². The third-order valence-corrected chi connectivity index (χ3v) is 2.02. The highest BCUT2D eigenvalue weighted by Gasteiger charge is 2.03. The van der Waals surface area contributed by atoms with Gasteiger partial charge in [0.25, 0.3) is 0 Å². The molecule has 1 aromatic carbocycles. The van der Waals surface area contributed by atoms with Crippen molar-refractivity contribution < 1.29 is 4.79 Å². The monoisotopic (exact) mass is 198 g/mol. The maximum Gasteiger partial charge on any atom is 0.249 e. The third kappa shape index (κ3) is 1.77. The van der Waals surface area contributed by atoms with Gasteiger partial charge in [-0.25, -0.2) is 0 Å². The third-order valence-electron chi connectivity index (χ3n) is 2.02. The standard InChI is InChI=1S/C10H6N4O/c11-14-13-10(15)8-2-1-7-3-4-12-6-9(7)5-8/h1-6H. The van der Waals surface area contributed by atoms with E-state index in [9.17, 15) is 4.79 Å². The van der Waals surface area contributed by atoms with Gasteiger partial charge in [-0.05, 0) is 28.2 Å². The second kappa shape index (κ2) is 3.77. The Morgan fingerprint density at radius 3 is 3.00 bits per heavy atom. The van der Waals surface area contributed by atoms with Crippen LogP contribution in [0.2, 0.25) is 0 Å². The van der Waals surface area contributed by atoms with E-state index in [1.165, 1.54) is 0 Å². The minimum atomic E-state index is -0.580. The first-order chi connectivity index (χ1) is 7.31. The van der Waals surface area contributed by atoms with Crippen molar-refractivity contribution >= 4 is 16.7 Å². The van der Waals surface area contributed by atoms with Gasteiger partial charge >= 0.3 is 0 Å². The average molecular weight is 198 g/mol. The fourth-order valence-corrected chi connectivity index (χ4v) is 1.32. The molecule has 0 aliphatic heterocycles. The summed E-state index contributed by atoms with van der Waals surface area (Å²) in [6.07, 6.45) is 3.33. The van der Waals surface area contributed by atoms with E-state index in [2.05, 4.69) is 15.0 Å². The molecule has 1 amide bonds. The fraction of sp³-hybridized carbons (Fsp3) is 0. The van der Waals surface area contributed by atoms with Gasteiger partial charge in [0.1, 0.15) is 0 Å². The zero-order chi connectivity index (χ0) is 10.7. The highest BCUT2D eigenvalue weighted by Crippen LogP contribution is 2.14. The highest BCUT2D eigenvalue weighted by atomic mass is 16.1. The number of benzene rings is 1. The minimum absolute atomic E-state index is 0.369. The van der Waals surface area contributed by atoms with Gasteiger partial charge in [0.05, 0.1) is 0 Å². The van der Waals surface area contributed by atoms with Crippen LogP contribution in [-0.4, -0.2) is 10.9 Å². The Hall–Kier alpha value is -2.39. The van der Waals surface area contributed by atoms with Crippen LogP contribution < -0.4 is 0 Å². The fourth-order valence-electron chi connectivity index (χ4n) is 1.32. The van der Waals surface area contributed by atoms with Crippen LogP contribution in [0.25, 0.3) is 21.2 Å². The van der Waals surface area contributed by atoms with Gasteiger partial charge in [-0.15, -0.1) is 0 Å². The summed E-state index contributed by atoms with van der Waals surface area (Å²) in [4.78, 5) is 17.6. The van der Waals surface area contributed by atoms with Crippen LogP contribution in [0.3, 0.4) is 0 Å². The van der Waals surface area contributed by atoms with Crippen molar-refractivity contribution in [1.82, 2.24) is 4.98 Å². The molecule has 0 unspecified atom stereocenters. The first-order valence-electron chi connectivity index (χ1n) is 4.24. The average Bonchev–Trinajstić information content (AvgIpc) is 2.29. The van der Waals surface area contributed by atoms with Crippen LogP contribution in [0.1, 0.15) is 10.4 Å². The largest absolute Gasteiger partial charge is 0.287 e. The molecule has 72 valence electrons. The molecule has 0 aliphatic rings. The number of amides is 1. The van der Waals surface area contributed by atoms with Crippen molar-refractivity contribution in [2.75, 3.05) is 0 Å². The van der Waals surface area contributed by atoms with Crippen molar-refractivity contribution in [1.29, 1.82) is 0 Å². The summed E-state index contributed by atoms with van der Waals surface area (Å²) in [7, 11) is 0. The lowest BCUT2D eigenvalue weighted by Crippen LogP contribution is -1.92. The van der Waals surface area contributed by atoms with E-state index in [1.807, 2.05) is 6.07 Å². The number of carbonyl (C=O) groups is 1. The molecule has 15 heavy (non-hydrogen) atoms. The number of hydrogen-bond acceptors (Lipinski definition) is 2. The molecule has 1 heterocycles. The van der Waals surface area contributed by atoms with E-state index >= 15 is 0 Å². The van der Waals surface area contributed by atoms with E-state index in [1.54, 1.807) is 30.6 Å². The van der Waals surface area contributed by atoms with Gasteiger partial charge in [-0.2, -0.15) is 0 Å². The normalized spacial score (nSPS) is 9.60. The molecule has 5 heteroatoms. The van der Waals surface area contributed by atoms with Gasteiger partial charge < -0.3 is 0 Å². The molecular weight excluding hydrogens is 192 g/mol. The van der Waals surface area contributed by atoms with E-state index in [-0.39, 0.29) is 0 Å². The second-order valence-corrected chi connectivity index (χ2v) is 2.93. The predicted octanol–water partition coefficient (Wildman–Crippen LogP) is 2.69. The summed E-state index contributed by atoms with van der Waals surface area (Å²) in [5, 5.41) is 4.86. The summed E-state index contributed by atoms with van der Waals surface area (Å²) in [5.74, 6) is -0.580. The number of hydrogen-bond donors (Lipinski definition) is 0. The van der Waals surface area contributed by atoms with Gasteiger partial charge in [-0.3, -0.25) is 9.78 Å². The van der Waals surface area contributed by atoms with Crippen molar-refractivity contribution in [3.63, 3.8) is 0 Å². The molecule has 0 radical (unpaired) electrons. The Bertz CT molecular complexity index is 572. The Morgan fingerprint density at radius 2 is 2.20 bits per heavy atom. The number of fused-ring (bicyclic) bond motifs is 1. The van der Waals surface area contributed by atoms with Crippen molar-refractivity contribution in [3.05, 3.63) is 52.7 Å². The molecule has 1 aromatic heterocycles. The number of pyridine rings is 1. The lowest BCUT2D eigenvalue weighted by atomic mass is 10.1. The van der Waals surface area contributed by atoms with Gasteiger partial charge in [0, 0.05) is 28.3 Å². The van der Waals surface area contributed by atoms with Gasteiger partial charge in [0.15, 0.2) is 0 Å². The highest BCUT2D eigenvalue weighted by molar-refractivity contribution is 5.98. The van der Waals surface area contributed by atoms with E-state index < -0.39 is 5.91 Å². The number of rotatable bonds is 1. The molecule has 0 aliphatic carbocycles. The number of azide groups is 1. The smallest absolute Gasteiger partial charge is 0.249 e. The van der Waals surface area contributed by atoms with Crippen LogP contribution in [0.5, 0.6) is 0 Å². The molecule has 0 atom stereocenters. The quantitative estimate of drug-likeness (QED) is 0.401. The first-order valence-corrected chi connectivity index (χ1v) is 4.24. The molecular formula is C10H6N4O. The molecule has 2 aromatic rings. The maximum atomic E-state index is 11.2. The predicted molar refractivity (Wildman–Crippen MR) is 55.2 cm³/mol. The van der Waals surface area contributed by atoms with Gasteiger partial charge in [-0.1, -0.05) is 12.1 Å². The molecule has 0 N–H and O–H groups in total. The summed E-state index contributed by atoms with van der Waals surface area (Å²) in [6, 6.07) is 6.91. The molecule has 0 bridgehead atoms. The maximum absolute atomic E-state index is 11.2. The van der Waals surface area contributed by atoms with Crippen LogP contribution in [-0.2, 0) is 0 Å². The van der Waals surface area contributed by atoms with E-state index in [4.69, 9.17) is 5.53 Å². The molecule has 0 saturated carbocycles.